The first-order chi connectivity index (χ1) is 9.85. The van der Waals surface area contributed by atoms with E-state index in [1.165, 1.54) is 36.8 Å². The van der Waals surface area contributed by atoms with Crippen LogP contribution in [-0.4, -0.2) is 34.3 Å². The highest BCUT2D eigenvalue weighted by molar-refractivity contribution is 5.80. The quantitative estimate of drug-likeness (QED) is 0.739. The maximum atomic E-state index is 4.68. The Morgan fingerprint density at radius 1 is 1.25 bits per heavy atom. The predicted octanol–water partition coefficient (Wildman–Crippen LogP) is 2.67. The molecule has 3 nitrogen and oxygen atoms in total. The summed E-state index contributed by atoms with van der Waals surface area (Å²) in [5.41, 5.74) is 2.33. The van der Waals surface area contributed by atoms with Gasteiger partial charge in [-0.15, -0.1) is 5.92 Å². The number of nitrogens with zero attached hydrogens (tertiary/aromatic N) is 3. The molecule has 3 aliphatic heterocycles. The number of piperidine rings is 3. The van der Waals surface area contributed by atoms with Crippen LogP contribution in [0.1, 0.15) is 31.4 Å². The van der Waals surface area contributed by atoms with Gasteiger partial charge in [0.2, 0.25) is 0 Å². The summed E-state index contributed by atoms with van der Waals surface area (Å²) in [6.45, 7) is 5.58. The van der Waals surface area contributed by atoms with E-state index < -0.39 is 0 Å². The van der Waals surface area contributed by atoms with Crippen molar-refractivity contribution in [2.24, 2.45) is 5.92 Å². The lowest BCUT2D eigenvalue weighted by molar-refractivity contribution is 0.0534. The lowest BCUT2D eigenvalue weighted by Gasteiger charge is -2.44. The Bertz CT molecular complexity index is 696. The maximum Gasteiger partial charge on any atom is 0.0698 e. The number of benzene rings is 1. The third-order valence-electron chi connectivity index (χ3n) is 4.80. The molecular weight excluding hydrogens is 246 g/mol. The molecule has 1 atom stereocenters. The molecule has 0 N–H and O–H groups in total. The zero-order chi connectivity index (χ0) is 13.5. The van der Waals surface area contributed by atoms with Gasteiger partial charge in [-0.05, 0) is 57.0 Å². The van der Waals surface area contributed by atoms with Gasteiger partial charge in [0.05, 0.1) is 17.8 Å². The van der Waals surface area contributed by atoms with E-state index in [4.69, 9.17) is 0 Å². The van der Waals surface area contributed by atoms with E-state index >= 15 is 0 Å². The van der Waals surface area contributed by atoms with Gasteiger partial charge in [0.15, 0.2) is 0 Å². The Hall–Kier alpha value is -1.79. The van der Waals surface area contributed by atoms with Crippen LogP contribution in [0.2, 0.25) is 0 Å². The Morgan fingerprint density at radius 3 is 2.80 bits per heavy atom. The van der Waals surface area contributed by atoms with Crippen LogP contribution in [-0.2, 0) is 0 Å². The average Bonchev–Trinajstić information content (AvgIpc) is 2.92. The summed E-state index contributed by atoms with van der Waals surface area (Å²) >= 11 is 0. The Labute approximate surface area is 119 Å². The molecule has 0 spiro atoms. The zero-order valence-corrected chi connectivity index (χ0v) is 11.8. The first-order valence-electron chi connectivity index (χ1n) is 7.47. The van der Waals surface area contributed by atoms with Crippen LogP contribution >= 0.6 is 0 Å². The average molecular weight is 265 g/mol. The minimum Gasteiger partial charge on any atom is -0.301 e. The SMILES string of the molecule is CC#Cc1ccc2cnn([C@@H]3CN4CCC3CC4)c2c1. The van der Waals surface area contributed by atoms with E-state index in [0.29, 0.717) is 6.04 Å². The summed E-state index contributed by atoms with van der Waals surface area (Å²) in [7, 11) is 0. The van der Waals surface area contributed by atoms with Crippen LogP contribution < -0.4 is 0 Å². The van der Waals surface area contributed by atoms with Crippen molar-refractivity contribution in [3.63, 3.8) is 0 Å². The van der Waals surface area contributed by atoms with Gasteiger partial charge < -0.3 is 4.90 Å². The van der Waals surface area contributed by atoms with Gasteiger partial charge in [0.1, 0.15) is 0 Å². The van der Waals surface area contributed by atoms with Crippen molar-refractivity contribution in [2.75, 3.05) is 19.6 Å². The standard InChI is InChI=1S/C17H19N3/c1-2-3-13-4-5-15-11-18-20(16(15)10-13)17-12-19-8-6-14(17)7-9-19/h4-5,10-11,14,17H,6-9,12H2,1H3/t17-/m1/s1. The third-order valence-corrected chi connectivity index (χ3v) is 4.80. The van der Waals surface area contributed by atoms with Crippen LogP contribution in [0.15, 0.2) is 24.4 Å². The summed E-state index contributed by atoms with van der Waals surface area (Å²) in [4.78, 5) is 2.58. The van der Waals surface area contributed by atoms with Crippen molar-refractivity contribution in [3.05, 3.63) is 30.0 Å². The summed E-state index contributed by atoms with van der Waals surface area (Å²) in [5, 5.41) is 5.91. The van der Waals surface area contributed by atoms with Crippen molar-refractivity contribution in [1.29, 1.82) is 0 Å². The van der Waals surface area contributed by atoms with Gasteiger partial charge in [-0.3, -0.25) is 4.68 Å². The summed E-state index contributed by atoms with van der Waals surface area (Å²) in [5.74, 6) is 6.93. The number of fused-ring (bicyclic) bond motifs is 4. The molecule has 0 radical (unpaired) electrons. The summed E-state index contributed by atoms with van der Waals surface area (Å²) in [6, 6.07) is 6.96. The van der Waals surface area contributed by atoms with E-state index in [2.05, 4.69) is 44.7 Å². The lowest BCUT2D eigenvalue weighted by atomic mass is 9.84. The van der Waals surface area contributed by atoms with E-state index in [-0.39, 0.29) is 0 Å². The number of hydrogen-bond donors (Lipinski definition) is 0. The van der Waals surface area contributed by atoms with Gasteiger partial charge >= 0.3 is 0 Å². The van der Waals surface area contributed by atoms with Gasteiger partial charge in [-0.2, -0.15) is 5.10 Å². The van der Waals surface area contributed by atoms with Crippen molar-refractivity contribution in [1.82, 2.24) is 14.7 Å². The molecule has 2 bridgehead atoms. The molecule has 1 aromatic carbocycles. The topological polar surface area (TPSA) is 21.1 Å². The van der Waals surface area contributed by atoms with Crippen molar-refractivity contribution < 1.29 is 0 Å². The van der Waals surface area contributed by atoms with E-state index in [0.717, 1.165) is 18.0 Å². The van der Waals surface area contributed by atoms with Gasteiger partial charge in [-0.1, -0.05) is 5.92 Å². The molecule has 5 rings (SSSR count). The van der Waals surface area contributed by atoms with E-state index in [9.17, 15) is 0 Å². The molecule has 1 aromatic heterocycles. The molecule has 3 heteroatoms. The highest BCUT2D eigenvalue weighted by atomic mass is 15.3. The van der Waals surface area contributed by atoms with Crippen LogP contribution in [0.25, 0.3) is 10.9 Å². The van der Waals surface area contributed by atoms with Crippen molar-refractivity contribution in [2.45, 2.75) is 25.8 Å². The highest BCUT2D eigenvalue weighted by Gasteiger charge is 2.36. The molecule has 4 heterocycles. The minimum atomic E-state index is 0.542. The molecule has 102 valence electrons. The fraction of sp³-hybridized carbons (Fsp3) is 0.471. The fourth-order valence-electron chi connectivity index (χ4n) is 3.74. The van der Waals surface area contributed by atoms with Crippen molar-refractivity contribution >= 4 is 10.9 Å². The zero-order valence-electron chi connectivity index (χ0n) is 11.8. The fourth-order valence-corrected chi connectivity index (χ4v) is 3.74. The number of aromatic nitrogens is 2. The molecule has 0 aliphatic carbocycles. The molecular formula is C17H19N3. The molecule has 20 heavy (non-hydrogen) atoms. The molecule has 3 aliphatic rings. The first-order valence-corrected chi connectivity index (χ1v) is 7.47. The monoisotopic (exact) mass is 265 g/mol. The second kappa shape index (κ2) is 4.64. The maximum absolute atomic E-state index is 4.68. The van der Waals surface area contributed by atoms with Crippen LogP contribution in [0.5, 0.6) is 0 Å². The largest absolute Gasteiger partial charge is 0.301 e. The minimum absolute atomic E-state index is 0.542. The van der Waals surface area contributed by atoms with Crippen LogP contribution in [0, 0.1) is 17.8 Å². The Balaban J connectivity index is 1.78. The molecule has 0 saturated carbocycles. The van der Waals surface area contributed by atoms with E-state index in [1.54, 1.807) is 0 Å². The third kappa shape index (κ3) is 1.83. The molecule has 0 unspecified atom stereocenters. The molecule has 2 aromatic rings. The Morgan fingerprint density at radius 2 is 2.10 bits per heavy atom. The van der Waals surface area contributed by atoms with E-state index in [1.807, 2.05) is 13.1 Å². The number of hydrogen-bond acceptors (Lipinski definition) is 2. The normalized spacial score (nSPS) is 28.4. The number of rotatable bonds is 1. The Kier molecular flexibility index (Phi) is 2.78. The van der Waals surface area contributed by atoms with Crippen LogP contribution in [0.4, 0.5) is 0 Å². The van der Waals surface area contributed by atoms with Crippen LogP contribution in [0.3, 0.4) is 0 Å². The second-order valence-corrected chi connectivity index (χ2v) is 5.94. The lowest BCUT2D eigenvalue weighted by Crippen LogP contribution is -2.48. The summed E-state index contributed by atoms with van der Waals surface area (Å²) < 4.78 is 2.26. The van der Waals surface area contributed by atoms with Gasteiger partial charge in [0.25, 0.3) is 0 Å². The smallest absolute Gasteiger partial charge is 0.0698 e. The molecule has 0 amide bonds. The summed E-state index contributed by atoms with van der Waals surface area (Å²) in [6.07, 6.45) is 4.64. The predicted molar refractivity (Wildman–Crippen MR) is 80.5 cm³/mol. The molecule has 3 saturated heterocycles. The highest BCUT2D eigenvalue weighted by Crippen LogP contribution is 2.36. The second-order valence-electron chi connectivity index (χ2n) is 5.94. The first kappa shape index (κ1) is 12.0. The van der Waals surface area contributed by atoms with Crippen molar-refractivity contribution in [3.8, 4) is 11.8 Å². The van der Waals surface area contributed by atoms with Gasteiger partial charge in [0, 0.05) is 17.5 Å². The van der Waals surface area contributed by atoms with Gasteiger partial charge in [-0.25, -0.2) is 0 Å². The molecule has 3 fully saturated rings.